The van der Waals surface area contributed by atoms with E-state index >= 15 is 0 Å². The van der Waals surface area contributed by atoms with Crippen molar-refractivity contribution in [2.75, 3.05) is 11.8 Å². The van der Waals surface area contributed by atoms with E-state index in [0.717, 1.165) is 12.1 Å². The van der Waals surface area contributed by atoms with E-state index < -0.39 is 27.5 Å². The van der Waals surface area contributed by atoms with Crippen molar-refractivity contribution in [2.45, 2.75) is 11.2 Å². The van der Waals surface area contributed by atoms with Gasteiger partial charge in [-0.1, -0.05) is 17.7 Å². The maximum absolute atomic E-state index is 13.5. The number of halogens is 4. The first-order valence-electron chi connectivity index (χ1n) is 7.98. The number of anilines is 1. The Morgan fingerprint density at radius 1 is 1.10 bits per heavy atom. The third-order valence-corrected chi connectivity index (χ3v) is 5.27. The van der Waals surface area contributed by atoms with Crippen LogP contribution in [0.2, 0.25) is 5.02 Å². The second-order valence-corrected chi connectivity index (χ2v) is 7.77. The van der Waals surface area contributed by atoms with Crippen molar-refractivity contribution in [1.29, 1.82) is 0 Å². The van der Waals surface area contributed by atoms with E-state index in [1.807, 2.05) is 0 Å². The van der Waals surface area contributed by atoms with E-state index in [1.54, 1.807) is 0 Å². The van der Waals surface area contributed by atoms with E-state index in [1.165, 1.54) is 49.7 Å². The van der Waals surface area contributed by atoms with Crippen LogP contribution in [0, 0.1) is 0 Å². The summed E-state index contributed by atoms with van der Waals surface area (Å²) in [5, 5.41) is -0.140. The third kappa shape index (κ3) is 4.60. The van der Waals surface area contributed by atoms with Crippen LogP contribution in [0.4, 0.5) is 19.0 Å². The number of pyridine rings is 2. The number of rotatable bonds is 5. The summed E-state index contributed by atoms with van der Waals surface area (Å²) >= 11 is 5.93. The smallest absolute Gasteiger partial charge is 0.418 e. The average molecular weight is 444 g/mol. The van der Waals surface area contributed by atoms with E-state index in [4.69, 9.17) is 16.3 Å². The number of ether oxygens (including phenoxy) is 1. The number of hydrogen-bond donors (Lipinski definition) is 1. The number of alkyl halides is 3. The monoisotopic (exact) mass is 443 g/mol. The standard InChI is InChI=1S/C18H13ClF3N3O3S/c1-28-14-7-5-11(19)10-12(14)17-13(18(20,21)22)6-8-15(24-17)25-29(26,27)16-4-2-3-9-23-16/h2-10H,1H3,(H,24,25). The molecule has 29 heavy (non-hydrogen) atoms. The van der Waals surface area contributed by atoms with E-state index in [-0.39, 0.29) is 27.2 Å². The SMILES string of the molecule is COc1ccc(Cl)cc1-c1nc(NS(=O)(=O)c2ccccn2)ccc1C(F)(F)F. The lowest BCUT2D eigenvalue weighted by Crippen LogP contribution is -2.16. The average Bonchev–Trinajstić information content (AvgIpc) is 2.67. The van der Waals surface area contributed by atoms with Crippen LogP contribution in [0.25, 0.3) is 11.3 Å². The molecule has 2 heterocycles. The molecular weight excluding hydrogens is 431 g/mol. The van der Waals surface area contributed by atoms with Crippen molar-refractivity contribution in [2.24, 2.45) is 0 Å². The van der Waals surface area contributed by atoms with Gasteiger partial charge in [-0.25, -0.2) is 9.97 Å². The summed E-state index contributed by atoms with van der Waals surface area (Å²) in [5.41, 5.74) is -1.64. The summed E-state index contributed by atoms with van der Waals surface area (Å²) in [7, 11) is -2.86. The van der Waals surface area contributed by atoms with Gasteiger partial charge in [-0.3, -0.25) is 4.72 Å². The first-order chi connectivity index (χ1) is 13.6. The van der Waals surface area contributed by atoms with Crippen molar-refractivity contribution in [3.63, 3.8) is 0 Å². The van der Waals surface area contributed by atoms with E-state index in [2.05, 4.69) is 14.7 Å². The molecule has 1 N–H and O–H groups in total. The Morgan fingerprint density at radius 3 is 2.48 bits per heavy atom. The van der Waals surface area contributed by atoms with Gasteiger partial charge in [0.2, 0.25) is 0 Å². The second kappa shape index (κ2) is 7.88. The Labute approximate surface area is 169 Å². The molecule has 11 heteroatoms. The molecule has 0 aliphatic heterocycles. The summed E-state index contributed by atoms with van der Waals surface area (Å²) in [4.78, 5) is 7.62. The predicted molar refractivity (Wildman–Crippen MR) is 101 cm³/mol. The van der Waals surface area contributed by atoms with Gasteiger partial charge in [-0.15, -0.1) is 0 Å². The first-order valence-corrected chi connectivity index (χ1v) is 9.84. The van der Waals surface area contributed by atoms with Crippen LogP contribution in [0.15, 0.2) is 59.8 Å². The zero-order valence-corrected chi connectivity index (χ0v) is 16.3. The van der Waals surface area contributed by atoms with Gasteiger partial charge in [-0.05, 0) is 42.5 Å². The Balaban J connectivity index is 2.14. The van der Waals surface area contributed by atoms with Gasteiger partial charge in [0.15, 0.2) is 5.03 Å². The number of hydrogen-bond acceptors (Lipinski definition) is 5. The van der Waals surface area contributed by atoms with Crippen molar-refractivity contribution >= 4 is 27.4 Å². The molecule has 0 amide bonds. The molecular formula is C18H13ClF3N3O3S. The van der Waals surface area contributed by atoms with Crippen LogP contribution in [-0.4, -0.2) is 25.5 Å². The Kier molecular flexibility index (Phi) is 5.67. The minimum Gasteiger partial charge on any atom is -0.496 e. The minimum atomic E-state index is -4.74. The number of nitrogens with zero attached hydrogens (tertiary/aromatic N) is 2. The Bertz CT molecular complexity index is 1140. The number of sulfonamides is 1. The molecule has 0 bridgehead atoms. The number of methoxy groups -OCH3 is 1. The van der Waals surface area contributed by atoms with Crippen molar-refractivity contribution in [1.82, 2.24) is 9.97 Å². The predicted octanol–water partition coefficient (Wildman–Crippen LogP) is 4.63. The Morgan fingerprint density at radius 2 is 1.86 bits per heavy atom. The van der Waals surface area contributed by atoms with Crippen LogP contribution < -0.4 is 9.46 Å². The molecule has 3 aromatic rings. The van der Waals surface area contributed by atoms with Gasteiger partial charge in [-0.2, -0.15) is 21.6 Å². The fraction of sp³-hybridized carbons (Fsp3) is 0.111. The van der Waals surface area contributed by atoms with Crippen molar-refractivity contribution in [3.8, 4) is 17.0 Å². The molecule has 0 saturated carbocycles. The molecule has 0 aliphatic rings. The van der Waals surface area contributed by atoms with Gasteiger partial charge < -0.3 is 4.74 Å². The molecule has 6 nitrogen and oxygen atoms in total. The second-order valence-electron chi connectivity index (χ2n) is 5.71. The van der Waals surface area contributed by atoms with Crippen LogP contribution in [0.3, 0.4) is 0 Å². The van der Waals surface area contributed by atoms with Crippen LogP contribution in [0.5, 0.6) is 5.75 Å². The first kappa shape index (κ1) is 20.9. The van der Waals surface area contributed by atoms with E-state index in [0.29, 0.717) is 0 Å². The molecule has 3 rings (SSSR count). The lowest BCUT2D eigenvalue weighted by atomic mass is 10.0. The highest BCUT2D eigenvalue weighted by Crippen LogP contribution is 2.41. The quantitative estimate of drug-likeness (QED) is 0.622. The summed E-state index contributed by atoms with van der Waals surface area (Å²) < 4.78 is 72.7. The minimum absolute atomic E-state index is 0.0359. The highest BCUT2D eigenvalue weighted by atomic mass is 35.5. The molecule has 0 saturated heterocycles. The lowest BCUT2D eigenvalue weighted by Gasteiger charge is -2.16. The molecule has 1 aromatic carbocycles. The highest BCUT2D eigenvalue weighted by Gasteiger charge is 2.35. The van der Waals surface area contributed by atoms with Crippen molar-refractivity contribution in [3.05, 3.63) is 65.3 Å². The number of nitrogens with one attached hydrogen (secondary N) is 1. The molecule has 0 atom stereocenters. The van der Waals surface area contributed by atoms with Gasteiger partial charge in [0.05, 0.1) is 18.4 Å². The topological polar surface area (TPSA) is 81.2 Å². The molecule has 0 unspecified atom stereocenters. The normalized spacial score (nSPS) is 11.9. The maximum atomic E-state index is 13.5. The summed E-state index contributed by atoms with van der Waals surface area (Å²) in [6.45, 7) is 0. The molecule has 0 fully saturated rings. The fourth-order valence-electron chi connectivity index (χ4n) is 2.51. The summed E-state index contributed by atoms with van der Waals surface area (Å²) in [6.07, 6.45) is -3.47. The molecule has 0 aliphatic carbocycles. The van der Waals surface area contributed by atoms with E-state index in [9.17, 15) is 21.6 Å². The van der Waals surface area contributed by atoms with Crippen molar-refractivity contribution < 1.29 is 26.3 Å². The van der Waals surface area contributed by atoms with Crippen LogP contribution >= 0.6 is 11.6 Å². The maximum Gasteiger partial charge on any atom is 0.418 e. The number of aromatic nitrogens is 2. The van der Waals surface area contributed by atoms with Crippen LogP contribution in [0.1, 0.15) is 5.56 Å². The van der Waals surface area contributed by atoms with Crippen LogP contribution in [-0.2, 0) is 16.2 Å². The molecule has 0 spiro atoms. The summed E-state index contributed by atoms with van der Waals surface area (Å²) in [6, 6.07) is 9.99. The number of benzene rings is 1. The zero-order chi connectivity index (χ0) is 21.2. The fourth-order valence-corrected chi connectivity index (χ4v) is 3.63. The molecule has 152 valence electrons. The third-order valence-electron chi connectivity index (χ3n) is 3.77. The van der Waals surface area contributed by atoms with Gasteiger partial charge in [0.1, 0.15) is 11.6 Å². The molecule has 0 radical (unpaired) electrons. The Hall–Kier alpha value is -2.85. The van der Waals surface area contributed by atoms with Gasteiger partial charge in [0, 0.05) is 16.8 Å². The largest absolute Gasteiger partial charge is 0.496 e. The lowest BCUT2D eigenvalue weighted by molar-refractivity contribution is -0.137. The van der Waals surface area contributed by atoms with Gasteiger partial charge in [0.25, 0.3) is 10.0 Å². The molecule has 2 aromatic heterocycles. The highest BCUT2D eigenvalue weighted by molar-refractivity contribution is 7.92. The zero-order valence-electron chi connectivity index (χ0n) is 14.7. The van der Waals surface area contributed by atoms with Gasteiger partial charge >= 0.3 is 6.18 Å². The summed E-state index contributed by atoms with van der Waals surface area (Å²) in [5.74, 6) is -0.224.